The Morgan fingerprint density at radius 1 is 1.10 bits per heavy atom. The van der Waals surface area contributed by atoms with E-state index in [0.717, 1.165) is 0 Å². The van der Waals surface area contributed by atoms with Crippen molar-refractivity contribution < 1.29 is 19.3 Å². The highest BCUT2D eigenvalue weighted by molar-refractivity contribution is 5.96. The molecule has 1 amide bonds. The van der Waals surface area contributed by atoms with Gasteiger partial charge in [0.2, 0.25) is 0 Å². The summed E-state index contributed by atoms with van der Waals surface area (Å²) in [5.74, 6) is -1.24. The summed E-state index contributed by atoms with van der Waals surface area (Å²) in [6.07, 6.45) is 0.653. The number of amides is 1. The highest BCUT2D eigenvalue weighted by Gasteiger charge is 2.23. The molecule has 0 aliphatic rings. The zero-order valence-corrected chi connectivity index (χ0v) is 16.0. The predicted octanol–water partition coefficient (Wildman–Crippen LogP) is 1.32. The maximum atomic E-state index is 12.5. The molecule has 0 radical (unpaired) electrons. The van der Waals surface area contributed by atoms with Crippen LogP contribution in [0.1, 0.15) is 23.2 Å². The Labute approximate surface area is 172 Å². The predicted molar refractivity (Wildman–Crippen MR) is 110 cm³/mol. The lowest BCUT2D eigenvalue weighted by molar-refractivity contribution is -0.384. The van der Waals surface area contributed by atoms with Crippen LogP contribution >= 0.6 is 0 Å². The lowest BCUT2D eigenvalue weighted by Gasteiger charge is -2.17. The van der Waals surface area contributed by atoms with Crippen molar-refractivity contribution in [3.63, 3.8) is 0 Å². The van der Waals surface area contributed by atoms with E-state index in [9.17, 15) is 19.7 Å². The molecule has 1 atom stereocenters. The minimum atomic E-state index is -0.961. The SMILES string of the molecule is NC(N)=NCCC[C@H](NC(=O)c1ccccc1)C(=O)ONc1ccc([N+](=O)[O-])cc1. The fraction of sp³-hybridized carbons (Fsp3) is 0.211. The van der Waals surface area contributed by atoms with Crippen LogP contribution in [0, 0.1) is 10.1 Å². The number of anilines is 1. The summed E-state index contributed by atoms with van der Waals surface area (Å²) in [6, 6.07) is 12.8. The molecule has 0 saturated carbocycles. The van der Waals surface area contributed by atoms with Crippen molar-refractivity contribution in [2.45, 2.75) is 18.9 Å². The standard InChI is InChI=1S/C19H22N6O5/c20-19(21)22-12-4-7-16(23-17(26)13-5-2-1-3-6-13)18(27)30-24-14-8-10-15(11-9-14)25(28)29/h1-3,5-6,8-11,16,24H,4,7,12H2,(H,23,26)(H4,20,21,22)/t16-/m0/s1. The second kappa shape index (κ2) is 11.0. The molecule has 0 aliphatic carbocycles. The van der Waals surface area contributed by atoms with Gasteiger partial charge in [0.25, 0.3) is 11.6 Å². The molecule has 158 valence electrons. The van der Waals surface area contributed by atoms with Crippen molar-refractivity contribution in [3.05, 3.63) is 70.3 Å². The highest BCUT2D eigenvalue weighted by atomic mass is 16.7. The van der Waals surface area contributed by atoms with Crippen LogP contribution in [0.3, 0.4) is 0 Å². The molecule has 0 heterocycles. The summed E-state index contributed by atoms with van der Waals surface area (Å²) < 4.78 is 0. The van der Waals surface area contributed by atoms with E-state index < -0.39 is 22.8 Å². The van der Waals surface area contributed by atoms with E-state index in [0.29, 0.717) is 17.7 Å². The number of nitro groups is 1. The van der Waals surface area contributed by atoms with Crippen LogP contribution < -0.4 is 22.3 Å². The number of nitro benzene ring substituents is 1. The Kier molecular flexibility index (Phi) is 8.12. The topological polar surface area (TPSA) is 175 Å². The van der Waals surface area contributed by atoms with Gasteiger partial charge in [-0.3, -0.25) is 19.9 Å². The third kappa shape index (κ3) is 7.11. The number of guanidine groups is 1. The minimum Gasteiger partial charge on any atom is -0.370 e. The van der Waals surface area contributed by atoms with Crippen LogP contribution in [0.4, 0.5) is 11.4 Å². The summed E-state index contributed by atoms with van der Waals surface area (Å²) in [4.78, 5) is 43.9. The second-order valence-electron chi connectivity index (χ2n) is 6.17. The third-order valence-corrected chi connectivity index (χ3v) is 3.92. The number of aliphatic imine (C=N–C) groups is 1. The van der Waals surface area contributed by atoms with Crippen molar-refractivity contribution in [2.75, 3.05) is 12.0 Å². The van der Waals surface area contributed by atoms with Gasteiger partial charge in [-0.2, -0.15) is 0 Å². The van der Waals surface area contributed by atoms with Gasteiger partial charge in [-0.15, -0.1) is 0 Å². The third-order valence-electron chi connectivity index (χ3n) is 3.92. The zero-order valence-electron chi connectivity index (χ0n) is 16.0. The second-order valence-corrected chi connectivity index (χ2v) is 6.17. The number of hydrogen-bond acceptors (Lipinski definition) is 7. The molecule has 0 unspecified atom stereocenters. The first-order valence-corrected chi connectivity index (χ1v) is 8.99. The zero-order chi connectivity index (χ0) is 21.9. The maximum Gasteiger partial charge on any atom is 0.354 e. The molecule has 0 spiro atoms. The van der Waals surface area contributed by atoms with Crippen molar-refractivity contribution in [2.24, 2.45) is 16.5 Å². The number of rotatable bonds is 10. The monoisotopic (exact) mass is 414 g/mol. The lowest BCUT2D eigenvalue weighted by atomic mass is 10.1. The summed E-state index contributed by atoms with van der Waals surface area (Å²) in [6.45, 7) is 0.281. The molecular weight excluding hydrogens is 392 g/mol. The van der Waals surface area contributed by atoms with E-state index in [1.54, 1.807) is 30.3 Å². The Bertz CT molecular complexity index is 897. The molecule has 2 aromatic carbocycles. The Balaban J connectivity index is 2.00. The Morgan fingerprint density at radius 3 is 2.37 bits per heavy atom. The molecule has 0 bridgehead atoms. The summed E-state index contributed by atoms with van der Waals surface area (Å²) in [5, 5.41) is 13.3. The van der Waals surface area contributed by atoms with Gasteiger partial charge in [-0.25, -0.2) is 10.3 Å². The van der Waals surface area contributed by atoms with Gasteiger partial charge in [0, 0.05) is 24.2 Å². The Morgan fingerprint density at radius 2 is 1.77 bits per heavy atom. The molecule has 6 N–H and O–H groups in total. The first-order chi connectivity index (χ1) is 14.4. The van der Waals surface area contributed by atoms with E-state index >= 15 is 0 Å². The number of carbonyl (C=O) groups excluding carboxylic acids is 2. The number of nitrogens with zero attached hydrogens (tertiary/aromatic N) is 2. The summed E-state index contributed by atoms with van der Waals surface area (Å²) in [7, 11) is 0. The maximum absolute atomic E-state index is 12.5. The van der Waals surface area contributed by atoms with Crippen molar-refractivity contribution in [3.8, 4) is 0 Å². The van der Waals surface area contributed by atoms with Gasteiger partial charge in [0.15, 0.2) is 5.96 Å². The molecular formula is C19H22N6O5. The first-order valence-electron chi connectivity index (χ1n) is 8.99. The highest BCUT2D eigenvalue weighted by Crippen LogP contribution is 2.15. The number of hydrogen-bond donors (Lipinski definition) is 4. The van der Waals surface area contributed by atoms with Gasteiger partial charge in [0.05, 0.1) is 10.6 Å². The molecule has 2 aromatic rings. The average molecular weight is 414 g/mol. The molecule has 30 heavy (non-hydrogen) atoms. The van der Waals surface area contributed by atoms with E-state index in [1.165, 1.54) is 24.3 Å². The van der Waals surface area contributed by atoms with Crippen molar-refractivity contribution >= 4 is 29.2 Å². The summed E-state index contributed by atoms with van der Waals surface area (Å²) >= 11 is 0. The molecule has 2 rings (SSSR count). The van der Waals surface area contributed by atoms with Crippen LogP contribution in [0.2, 0.25) is 0 Å². The van der Waals surface area contributed by atoms with Crippen LogP contribution in [-0.2, 0) is 9.63 Å². The van der Waals surface area contributed by atoms with Crippen molar-refractivity contribution in [1.29, 1.82) is 0 Å². The molecule has 0 aromatic heterocycles. The van der Waals surface area contributed by atoms with Crippen LogP contribution in [0.15, 0.2) is 59.6 Å². The van der Waals surface area contributed by atoms with Gasteiger partial charge in [-0.1, -0.05) is 18.2 Å². The number of nitrogens with two attached hydrogens (primary N) is 2. The number of carbonyl (C=O) groups is 2. The Hall–Kier alpha value is -4.15. The number of benzene rings is 2. The molecule has 11 nitrogen and oxygen atoms in total. The number of non-ortho nitro benzene ring substituents is 1. The normalized spacial score (nSPS) is 11.1. The largest absolute Gasteiger partial charge is 0.370 e. The first kappa shape index (κ1) is 22.1. The molecule has 0 aliphatic heterocycles. The molecule has 11 heteroatoms. The smallest absolute Gasteiger partial charge is 0.354 e. The minimum absolute atomic E-state index is 0.0673. The lowest BCUT2D eigenvalue weighted by Crippen LogP contribution is -2.42. The summed E-state index contributed by atoms with van der Waals surface area (Å²) in [5.41, 5.74) is 13.6. The van der Waals surface area contributed by atoms with E-state index in [2.05, 4.69) is 15.8 Å². The van der Waals surface area contributed by atoms with Crippen LogP contribution in [-0.4, -0.2) is 35.3 Å². The van der Waals surface area contributed by atoms with Crippen molar-refractivity contribution in [1.82, 2.24) is 5.32 Å². The van der Waals surface area contributed by atoms with Gasteiger partial charge < -0.3 is 21.6 Å². The van der Waals surface area contributed by atoms with E-state index in [-0.39, 0.29) is 24.6 Å². The van der Waals surface area contributed by atoms with E-state index in [1.807, 2.05) is 0 Å². The number of nitrogens with one attached hydrogen (secondary N) is 2. The van der Waals surface area contributed by atoms with Gasteiger partial charge in [-0.05, 0) is 37.1 Å². The quantitative estimate of drug-likeness (QED) is 0.148. The fourth-order valence-corrected chi connectivity index (χ4v) is 2.42. The van der Waals surface area contributed by atoms with E-state index in [4.69, 9.17) is 16.3 Å². The molecule has 0 saturated heterocycles. The van der Waals surface area contributed by atoms with Gasteiger partial charge in [0.1, 0.15) is 6.04 Å². The fourth-order valence-electron chi connectivity index (χ4n) is 2.42. The van der Waals surface area contributed by atoms with Crippen LogP contribution in [0.25, 0.3) is 0 Å². The molecule has 0 fully saturated rings. The van der Waals surface area contributed by atoms with Crippen LogP contribution in [0.5, 0.6) is 0 Å². The average Bonchev–Trinajstić information content (AvgIpc) is 2.74. The van der Waals surface area contributed by atoms with Gasteiger partial charge >= 0.3 is 5.97 Å².